The Hall–Kier alpha value is -6.17. The highest BCUT2D eigenvalue weighted by atomic mass is 32.2. The van der Waals surface area contributed by atoms with E-state index in [1.165, 1.54) is 24.3 Å². The lowest BCUT2D eigenvalue weighted by Crippen LogP contribution is -2.60. The molecule has 1 aromatic rings. The van der Waals surface area contributed by atoms with Gasteiger partial charge < -0.3 is 53.0 Å². The molecule has 24 heteroatoms. The van der Waals surface area contributed by atoms with E-state index in [0.29, 0.717) is 11.1 Å². The van der Waals surface area contributed by atoms with Crippen LogP contribution < -0.4 is 42.8 Å². The molecular weight excluding hydrogens is 792 g/mol. The summed E-state index contributed by atoms with van der Waals surface area (Å²) in [5, 5.41) is 46.4. The van der Waals surface area contributed by atoms with Crippen molar-refractivity contribution in [3.05, 3.63) is 35.4 Å². The van der Waals surface area contributed by atoms with Gasteiger partial charge >= 0.3 is 17.9 Å². The third-order valence-corrected chi connectivity index (χ3v) is 8.68. The number of sulfonamides is 1. The normalized spacial score (nSPS) is 14.2. The number of carboxylic acids is 3. The quantitative estimate of drug-likeness (QED) is 0.0452. The topological polar surface area (TPSA) is 390 Å². The first kappa shape index (κ1) is 49.8. The van der Waals surface area contributed by atoms with Gasteiger partial charge in [0.15, 0.2) is 0 Å². The molecule has 0 unspecified atom stereocenters. The number of hydrogen-bond donors (Lipinski definition) is 11. The van der Waals surface area contributed by atoms with E-state index in [9.17, 15) is 66.6 Å². The summed E-state index contributed by atoms with van der Waals surface area (Å²) in [5.41, 5.74) is 6.14. The van der Waals surface area contributed by atoms with Crippen molar-refractivity contribution in [1.82, 2.24) is 31.9 Å². The van der Waals surface area contributed by atoms with Gasteiger partial charge in [0.25, 0.3) is 0 Å². The van der Waals surface area contributed by atoms with E-state index in [-0.39, 0.29) is 18.8 Å². The molecule has 0 aliphatic heterocycles. The van der Waals surface area contributed by atoms with Crippen molar-refractivity contribution in [2.45, 2.75) is 108 Å². The number of hydrogen-bond acceptors (Lipinski definition) is 12. The van der Waals surface area contributed by atoms with Gasteiger partial charge in [-0.15, -0.1) is 0 Å². The summed E-state index contributed by atoms with van der Waals surface area (Å²) >= 11 is 0. The molecule has 0 aromatic heterocycles. The van der Waals surface area contributed by atoms with Gasteiger partial charge in [-0.25, -0.2) is 13.6 Å². The molecule has 58 heavy (non-hydrogen) atoms. The van der Waals surface area contributed by atoms with E-state index in [1.807, 2.05) is 0 Å². The first-order valence-corrected chi connectivity index (χ1v) is 19.3. The summed E-state index contributed by atoms with van der Waals surface area (Å²) in [6.45, 7) is 5.62. The molecule has 1 rings (SSSR count). The molecule has 322 valence electrons. The van der Waals surface area contributed by atoms with Crippen LogP contribution in [-0.2, 0) is 70.1 Å². The fourth-order valence-corrected chi connectivity index (χ4v) is 5.87. The average Bonchev–Trinajstić information content (AvgIpc) is 3.07. The predicted octanol–water partition coefficient (Wildman–Crippen LogP) is -3.69. The summed E-state index contributed by atoms with van der Waals surface area (Å²) in [4.78, 5) is 124. The van der Waals surface area contributed by atoms with Crippen molar-refractivity contribution in [1.29, 1.82) is 0 Å². The van der Waals surface area contributed by atoms with Gasteiger partial charge in [0.05, 0.1) is 18.6 Å². The van der Waals surface area contributed by atoms with Crippen molar-refractivity contribution < 1.29 is 71.7 Å². The lowest BCUT2D eigenvalue weighted by atomic mass is 10.00. The molecule has 6 atom stereocenters. The number of nitrogens with one attached hydrogen (secondary N) is 6. The number of benzene rings is 1. The van der Waals surface area contributed by atoms with Gasteiger partial charge in [-0.1, -0.05) is 38.1 Å². The van der Waals surface area contributed by atoms with E-state index in [2.05, 4.69) is 31.9 Å². The van der Waals surface area contributed by atoms with Crippen LogP contribution in [0.4, 0.5) is 0 Å². The van der Waals surface area contributed by atoms with Crippen molar-refractivity contribution >= 4 is 69.3 Å². The third kappa shape index (κ3) is 19.6. The first-order chi connectivity index (χ1) is 26.8. The summed E-state index contributed by atoms with van der Waals surface area (Å²) in [6, 6.07) is -3.92. The SMILES string of the molecule is CC(=O)N[C@@H](CC(=O)O)C(=O)N[C@@H](C)C(=O)N[C@@H](CC(=O)O)C(=O)N[C@@H](CCC(=O)O)C(=O)N[C@@H](Cc1ccc(CS(N)(=O)=O)cc1)C(=O)N[C@@H](CC(C)C)C(N)=O. The zero-order valence-corrected chi connectivity index (χ0v) is 32.9. The summed E-state index contributed by atoms with van der Waals surface area (Å²) in [6.07, 6.45) is -3.48. The van der Waals surface area contributed by atoms with Crippen molar-refractivity contribution in [3.8, 4) is 0 Å². The smallest absolute Gasteiger partial charge is 0.305 e. The number of rotatable bonds is 25. The number of carbonyl (C=O) groups excluding carboxylic acids is 7. The Morgan fingerprint density at radius 1 is 0.603 bits per heavy atom. The van der Waals surface area contributed by atoms with E-state index in [1.54, 1.807) is 13.8 Å². The van der Waals surface area contributed by atoms with Gasteiger partial charge in [-0.3, -0.25) is 47.9 Å². The lowest BCUT2D eigenvalue weighted by Gasteiger charge is -2.27. The minimum atomic E-state index is -3.89. The van der Waals surface area contributed by atoms with Crippen molar-refractivity contribution in [3.63, 3.8) is 0 Å². The number of carboxylic acid groups (broad SMARTS) is 3. The van der Waals surface area contributed by atoms with Crippen LogP contribution >= 0.6 is 0 Å². The lowest BCUT2D eigenvalue weighted by molar-refractivity contribution is -0.141. The van der Waals surface area contributed by atoms with Gasteiger partial charge in [0.2, 0.25) is 51.4 Å². The number of primary amides is 1. The Labute approximate surface area is 332 Å². The van der Waals surface area contributed by atoms with Crippen molar-refractivity contribution in [2.75, 3.05) is 0 Å². The van der Waals surface area contributed by atoms with Gasteiger partial charge in [-0.05, 0) is 36.8 Å². The van der Waals surface area contributed by atoms with Crippen LogP contribution in [0.5, 0.6) is 0 Å². The maximum Gasteiger partial charge on any atom is 0.305 e. The molecule has 1 aromatic carbocycles. The number of aliphatic carboxylic acids is 3. The number of amides is 7. The van der Waals surface area contributed by atoms with Gasteiger partial charge in [-0.2, -0.15) is 0 Å². The van der Waals surface area contributed by atoms with Crippen LogP contribution in [-0.4, -0.2) is 119 Å². The summed E-state index contributed by atoms with van der Waals surface area (Å²) in [5.74, 6) is -12.4. The molecular formula is C34H50N8O15S. The molecule has 0 bridgehead atoms. The highest BCUT2D eigenvalue weighted by Gasteiger charge is 2.34. The molecule has 0 aliphatic carbocycles. The van der Waals surface area contributed by atoms with E-state index < -0.39 is 137 Å². The second-order valence-corrected chi connectivity index (χ2v) is 15.3. The van der Waals surface area contributed by atoms with Crippen LogP contribution in [0.3, 0.4) is 0 Å². The average molecular weight is 843 g/mol. The predicted molar refractivity (Wildman–Crippen MR) is 200 cm³/mol. The Kier molecular flexibility index (Phi) is 19.9. The largest absolute Gasteiger partial charge is 0.481 e. The van der Waals surface area contributed by atoms with E-state index in [4.69, 9.17) is 16.0 Å². The molecule has 0 saturated heterocycles. The second-order valence-electron chi connectivity index (χ2n) is 13.7. The zero-order chi connectivity index (χ0) is 44.5. The highest BCUT2D eigenvalue weighted by molar-refractivity contribution is 7.88. The molecule has 0 spiro atoms. The first-order valence-electron chi connectivity index (χ1n) is 17.6. The Morgan fingerprint density at radius 2 is 1.03 bits per heavy atom. The van der Waals surface area contributed by atoms with Crippen LogP contribution in [0.25, 0.3) is 0 Å². The highest BCUT2D eigenvalue weighted by Crippen LogP contribution is 2.12. The monoisotopic (exact) mass is 842 g/mol. The molecule has 0 saturated carbocycles. The molecule has 13 N–H and O–H groups in total. The standard InChI is InChI=1S/C34H50N8O15S/c1-16(2)11-22(29(35)50)40-33(54)23(12-19-5-7-20(8-6-19)15-58(36,56)57)42-31(52)21(9-10-26(44)45)39-34(55)25(14-28(48)49)41-30(51)17(3)37-32(53)24(13-27(46)47)38-18(4)43/h5-8,16-17,21-25H,9-15H2,1-4H3,(H2,35,50)(H,37,53)(H,38,43)(H,39,55)(H,40,54)(H,41,51)(H,42,52)(H,44,45)(H,46,47)(H,48,49)(H2,36,56,57)/t17-,21-,22-,23-,24-,25-/m0/s1. The molecule has 0 aliphatic rings. The molecule has 0 fully saturated rings. The molecule has 0 heterocycles. The maximum absolute atomic E-state index is 13.7. The Bertz CT molecular complexity index is 1810. The minimum Gasteiger partial charge on any atom is -0.481 e. The summed E-state index contributed by atoms with van der Waals surface area (Å²) in [7, 11) is -3.89. The summed E-state index contributed by atoms with van der Waals surface area (Å²) < 4.78 is 23.0. The Morgan fingerprint density at radius 3 is 1.50 bits per heavy atom. The zero-order valence-electron chi connectivity index (χ0n) is 32.1. The molecule has 23 nitrogen and oxygen atoms in total. The molecule has 7 amide bonds. The van der Waals surface area contributed by atoms with Crippen LogP contribution in [0.1, 0.15) is 70.9 Å². The Balaban J connectivity index is 3.41. The van der Waals surface area contributed by atoms with Crippen molar-refractivity contribution in [2.24, 2.45) is 16.8 Å². The maximum atomic E-state index is 13.7. The minimum absolute atomic E-state index is 0.110. The van der Waals surface area contributed by atoms with Gasteiger partial charge in [0, 0.05) is 19.8 Å². The third-order valence-electron chi connectivity index (χ3n) is 7.95. The number of carbonyl (C=O) groups is 10. The van der Waals surface area contributed by atoms with Gasteiger partial charge in [0.1, 0.15) is 36.3 Å². The second kappa shape index (κ2) is 23.2. The van der Waals surface area contributed by atoms with Crippen LogP contribution in [0.2, 0.25) is 0 Å². The molecule has 0 radical (unpaired) electrons. The number of nitrogens with two attached hydrogens (primary N) is 2. The number of primary sulfonamides is 1. The van der Waals surface area contributed by atoms with E-state index >= 15 is 0 Å². The fourth-order valence-electron chi connectivity index (χ4n) is 5.21. The van der Waals surface area contributed by atoms with E-state index in [0.717, 1.165) is 13.8 Å². The fraction of sp³-hybridized carbons (Fsp3) is 0.529. The van der Waals surface area contributed by atoms with Crippen LogP contribution in [0.15, 0.2) is 24.3 Å². The van der Waals surface area contributed by atoms with Crippen LogP contribution in [0, 0.1) is 5.92 Å².